The van der Waals surface area contributed by atoms with Gasteiger partial charge in [0, 0.05) is 0 Å². The van der Waals surface area contributed by atoms with Crippen molar-refractivity contribution in [2.45, 2.75) is 18.2 Å². The van der Waals surface area contributed by atoms with E-state index >= 15 is 0 Å². The smallest absolute Gasteiger partial charge is 0.188 e. The summed E-state index contributed by atoms with van der Waals surface area (Å²) in [5, 5.41) is -3.14. The molecule has 2 rings (SSSR count). The summed E-state index contributed by atoms with van der Waals surface area (Å²) in [7, 11) is 0. The molecular formula is C9H12ClF2S. The van der Waals surface area contributed by atoms with Gasteiger partial charge in [-0.25, -0.2) is 0 Å². The van der Waals surface area contributed by atoms with Crippen LogP contribution in [0.15, 0.2) is 0 Å². The molecule has 4 heteroatoms. The molecule has 75 valence electrons. The molecule has 0 N–H and O–H groups in total. The van der Waals surface area contributed by atoms with Crippen LogP contribution < -0.4 is 0 Å². The summed E-state index contributed by atoms with van der Waals surface area (Å²) in [4.78, 5) is 0. The SMILES string of the molecule is [CH2]C(C1CC1)(C1CSC1)C(F)(F)Cl. The lowest BCUT2D eigenvalue weighted by Crippen LogP contribution is -2.48. The van der Waals surface area contributed by atoms with E-state index in [1.54, 1.807) is 11.8 Å². The highest BCUT2D eigenvalue weighted by Gasteiger charge is 2.62. The Morgan fingerprint density at radius 1 is 1.23 bits per heavy atom. The van der Waals surface area contributed by atoms with Crippen molar-refractivity contribution in [1.29, 1.82) is 0 Å². The highest BCUT2D eigenvalue weighted by Crippen LogP contribution is 2.61. The molecular weight excluding hydrogens is 214 g/mol. The second kappa shape index (κ2) is 2.99. The summed E-state index contributed by atoms with van der Waals surface area (Å²) < 4.78 is 26.5. The molecule has 13 heavy (non-hydrogen) atoms. The van der Waals surface area contributed by atoms with E-state index in [9.17, 15) is 8.78 Å². The maximum atomic E-state index is 13.2. The normalized spacial score (nSPS) is 29.5. The Morgan fingerprint density at radius 3 is 2.00 bits per heavy atom. The van der Waals surface area contributed by atoms with Crippen LogP contribution in [0.2, 0.25) is 0 Å². The zero-order valence-electron chi connectivity index (χ0n) is 7.23. The maximum Gasteiger partial charge on any atom is 0.327 e. The fourth-order valence-corrected chi connectivity index (χ4v) is 3.30. The first-order valence-electron chi connectivity index (χ1n) is 4.46. The summed E-state index contributed by atoms with van der Waals surface area (Å²) in [6.45, 7) is 3.73. The van der Waals surface area contributed by atoms with Crippen molar-refractivity contribution < 1.29 is 8.78 Å². The second-order valence-electron chi connectivity index (χ2n) is 4.05. The highest BCUT2D eigenvalue weighted by atomic mass is 35.5. The molecule has 1 aliphatic carbocycles. The van der Waals surface area contributed by atoms with E-state index in [0.717, 1.165) is 24.3 Å². The fraction of sp³-hybridized carbons (Fsp3) is 0.889. The highest BCUT2D eigenvalue weighted by molar-refractivity contribution is 8.00. The molecule has 1 atom stereocenters. The number of hydrogen-bond donors (Lipinski definition) is 0. The van der Waals surface area contributed by atoms with Crippen LogP contribution >= 0.6 is 23.4 Å². The first-order valence-corrected chi connectivity index (χ1v) is 5.99. The minimum atomic E-state index is -3.14. The van der Waals surface area contributed by atoms with Gasteiger partial charge in [-0.05, 0) is 54.7 Å². The van der Waals surface area contributed by atoms with Gasteiger partial charge in [0.05, 0.1) is 5.41 Å². The van der Waals surface area contributed by atoms with Crippen molar-refractivity contribution in [2.24, 2.45) is 17.3 Å². The van der Waals surface area contributed by atoms with E-state index in [0.29, 0.717) is 0 Å². The van der Waals surface area contributed by atoms with Crippen LogP contribution in [0.4, 0.5) is 8.78 Å². The molecule has 0 aromatic rings. The van der Waals surface area contributed by atoms with Crippen molar-refractivity contribution >= 4 is 23.4 Å². The van der Waals surface area contributed by atoms with Crippen LogP contribution in [-0.4, -0.2) is 16.9 Å². The van der Waals surface area contributed by atoms with Crippen LogP contribution in [0.1, 0.15) is 12.8 Å². The Balaban J connectivity index is 2.18. The number of alkyl halides is 3. The van der Waals surface area contributed by atoms with Crippen LogP contribution in [0.5, 0.6) is 0 Å². The Hall–Kier alpha value is 0.500. The molecule has 0 aromatic carbocycles. The summed E-state index contributed by atoms with van der Waals surface area (Å²) >= 11 is 6.88. The lowest BCUT2D eigenvalue weighted by Gasteiger charge is -2.44. The first kappa shape index (κ1) is 10.0. The van der Waals surface area contributed by atoms with Crippen molar-refractivity contribution in [2.75, 3.05) is 11.5 Å². The molecule has 1 heterocycles. The Morgan fingerprint density at radius 2 is 1.77 bits per heavy atom. The number of halogens is 3. The van der Waals surface area contributed by atoms with Gasteiger partial charge in [0.1, 0.15) is 0 Å². The van der Waals surface area contributed by atoms with Gasteiger partial charge >= 0.3 is 5.38 Å². The second-order valence-corrected chi connectivity index (χ2v) is 5.60. The Bertz CT molecular complexity index is 208. The topological polar surface area (TPSA) is 0 Å². The number of hydrogen-bond acceptors (Lipinski definition) is 1. The summed E-state index contributed by atoms with van der Waals surface area (Å²) in [5.74, 6) is 1.65. The third-order valence-electron chi connectivity index (χ3n) is 3.20. The standard InChI is InChI=1S/C9H12ClF2S/c1-8(6-2-3-6,9(10,11)12)7-4-13-5-7/h6-7H,1-5H2. The van der Waals surface area contributed by atoms with E-state index in [1.807, 2.05) is 0 Å². The average Bonchev–Trinajstić information content (AvgIpc) is 2.59. The quantitative estimate of drug-likeness (QED) is 0.664. The van der Waals surface area contributed by atoms with Gasteiger partial charge < -0.3 is 0 Å². The minimum absolute atomic E-state index is 0.0116. The van der Waals surface area contributed by atoms with Crippen molar-refractivity contribution in [3.05, 3.63) is 6.92 Å². The maximum absolute atomic E-state index is 13.2. The summed E-state index contributed by atoms with van der Waals surface area (Å²) in [5.41, 5.74) is -1.19. The Labute approximate surface area is 86.4 Å². The van der Waals surface area contributed by atoms with Gasteiger partial charge in [0.25, 0.3) is 0 Å². The molecule has 1 saturated carbocycles. The third kappa shape index (κ3) is 1.48. The van der Waals surface area contributed by atoms with Gasteiger partial charge in [0.15, 0.2) is 0 Å². The molecule has 2 aliphatic rings. The monoisotopic (exact) mass is 225 g/mol. The molecule has 0 aromatic heterocycles. The van der Waals surface area contributed by atoms with Crippen LogP contribution in [0.3, 0.4) is 0 Å². The van der Waals surface area contributed by atoms with Gasteiger partial charge in [-0.15, -0.1) is 0 Å². The van der Waals surface area contributed by atoms with Gasteiger partial charge in [-0.3, -0.25) is 0 Å². The van der Waals surface area contributed by atoms with Crippen molar-refractivity contribution in [3.63, 3.8) is 0 Å². The lowest BCUT2D eigenvalue weighted by atomic mass is 9.74. The number of thioether (sulfide) groups is 1. The fourth-order valence-electron chi connectivity index (χ4n) is 1.93. The van der Waals surface area contributed by atoms with Crippen LogP contribution in [0.25, 0.3) is 0 Å². The molecule has 0 amide bonds. The van der Waals surface area contributed by atoms with Gasteiger partial charge in [0.2, 0.25) is 0 Å². The molecule has 1 unspecified atom stereocenters. The molecule has 1 aliphatic heterocycles. The average molecular weight is 226 g/mol. The molecule has 2 fully saturated rings. The molecule has 1 saturated heterocycles. The van der Waals surface area contributed by atoms with E-state index in [2.05, 4.69) is 6.92 Å². The molecule has 0 spiro atoms. The minimum Gasteiger partial charge on any atom is -0.188 e. The summed E-state index contributed by atoms with van der Waals surface area (Å²) in [6.07, 6.45) is 1.74. The Kier molecular flexibility index (Phi) is 2.31. The van der Waals surface area contributed by atoms with Gasteiger partial charge in [-0.2, -0.15) is 20.5 Å². The van der Waals surface area contributed by atoms with E-state index in [4.69, 9.17) is 11.6 Å². The third-order valence-corrected chi connectivity index (χ3v) is 4.83. The zero-order valence-corrected chi connectivity index (χ0v) is 8.80. The first-order chi connectivity index (χ1) is 5.96. The van der Waals surface area contributed by atoms with Crippen molar-refractivity contribution in [1.82, 2.24) is 0 Å². The molecule has 0 nitrogen and oxygen atoms in total. The molecule has 0 bridgehead atoms. The van der Waals surface area contributed by atoms with Crippen molar-refractivity contribution in [3.8, 4) is 0 Å². The largest absolute Gasteiger partial charge is 0.327 e. The predicted molar refractivity (Wildman–Crippen MR) is 52.1 cm³/mol. The van der Waals surface area contributed by atoms with E-state index < -0.39 is 10.8 Å². The van der Waals surface area contributed by atoms with E-state index in [1.165, 1.54) is 0 Å². The summed E-state index contributed by atoms with van der Waals surface area (Å²) in [6, 6.07) is 0. The molecule has 1 radical (unpaired) electrons. The predicted octanol–water partition coefficient (Wildman–Crippen LogP) is 3.41. The lowest BCUT2D eigenvalue weighted by molar-refractivity contribution is -0.0610. The van der Waals surface area contributed by atoms with Crippen LogP contribution in [0, 0.1) is 24.2 Å². The van der Waals surface area contributed by atoms with Gasteiger partial charge in [-0.1, -0.05) is 0 Å². The van der Waals surface area contributed by atoms with E-state index in [-0.39, 0.29) is 11.8 Å². The van der Waals surface area contributed by atoms with Crippen LogP contribution in [-0.2, 0) is 0 Å². The number of rotatable bonds is 3. The zero-order chi connectivity index (χ0) is 9.69.